The Bertz CT molecular complexity index is 530. The number of nitrogens with zero attached hydrogens (tertiary/aromatic N) is 3. The van der Waals surface area contributed by atoms with Gasteiger partial charge in [0.25, 0.3) is 0 Å². The molecular formula is C14H22F3N3O2. The number of hydrogen-bond donors (Lipinski definition) is 1. The zero-order chi connectivity index (χ0) is 16.5. The van der Waals surface area contributed by atoms with Crippen molar-refractivity contribution in [2.75, 3.05) is 20.2 Å². The molecule has 0 radical (unpaired) electrons. The van der Waals surface area contributed by atoms with E-state index in [0.29, 0.717) is 25.4 Å². The zero-order valence-electron chi connectivity index (χ0n) is 13.1. The highest BCUT2D eigenvalue weighted by molar-refractivity contribution is 5.30. The van der Waals surface area contributed by atoms with E-state index >= 15 is 0 Å². The minimum atomic E-state index is -4.58. The first-order valence-electron chi connectivity index (χ1n) is 7.26. The molecule has 22 heavy (non-hydrogen) atoms. The van der Waals surface area contributed by atoms with E-state index in [4.69, 9.17) is 4.74 Å². The second kappa shape index (κ2) is 6.08. The van der Waals surface area contributed by atoms with E-state index in [9.17, 15) is 18.3 Å². The summed E-state index contributed by atoms with van der Waals surface area (Å²) in [6, 6.07) is 0. The van der Waals surface area contributed by atoms with Crippen molar-refractivity contribution in [1.29, 1.82) is 0 Å². The van der Waals surface area contributed by atoms with Crippen molar-refractivity contribution in [2.45, 2.75) is 44.5 Å². The highest BCUT2D eigenvalue weighted by Crippen LogP contribution is 2.38. The van der Waals surface area contributed by atoms with Crippen LogP contribution in [0.2, 0.25) is 0 Å². The largest absolute Gasteiger partial charge is 0.481 e. The molecule has 0 amide bonds. The summed E-state index contributed by atoms with van der Waals surface area (Å²) in [4.78, 5) is 1.91. The topological polar surface area (TPSA) is 50.5 Å². The van der Waals surface area contributed by atoms with Crippen molar-refractivity contribution < 1.29 is 23.0 Å². The average Bonchev–Trinajstić information content (AvgIpc) is 2.57. The lowest BCUT2D eigenvalue weighted by Crippen LogP contribution is -2.45. The van der Waals surface area contributed by atoms with Gasteiger partial charge in [0.1, 0.15) is 0 Å². The van der Waals surface area contributed by atoms with Crippen LogP contribution in [0, 0.1) is 6.92 Å². The van der Waals surface area contributed by atoms with Crippen LogP contribution in [0.1, 0.15) is 30.5 Å². The Labute approximate surface area is 127 Å². The Morgan fingerprint density at radius 2 is 2.00 bits per heavy atom. The molecule has 0 aliphatic carbocycles. The standard InChI is InChI=1S/C14H22F3N3O2/c1-10-11(12(22-3)19(2)18-10)9-20-7-4-5-13(21,6-8-20)14(15,16)17/h21H,4-9H2,1-3H3. The zero-order valence-corrected chi connectivity index (χ0v) is 13.1. The van der Waals surface area contributed by atoms with Gasteiger partial charge in [-0.25, -0.2) is 4.68 Å². The highest BCUT2D eigenvalue weighted by atomic mass is 19.4. The minimum Gasteiger partial charge on any atom is -0.481 e. The molecule has 1 aliphatic rings. The molecule has 1 N–H and O–H groups in total. The molecule has 1 aromatic rings. The number of aryl methyl sites for hydroxylation is 2. The van der Waals surface area contributed by atoms with Gasteiger partial charge in [-0.3, -0.25) is 4.90 Å². The lowest BCUT2D eigenvalue weighted by molar-refractivity contribution is -0.263. The Hall–Kier alpha value is -1.28. The van der Waals surface area contributed by atoms with E-state index in [1.807, 2.05) is 11.8 Å². The second-order valence-electron chi connectivity index (χ2n) is 5.86. The number of hydrogen-bond acceptors (Lipinski definition) is 4. The SMILES string of the molecule is COc1c(CN2CCCC(O)(C(F)(F)F)CC2)c(C)nn1C. The maximum atomic E-state index is 12.9. The molecule has 0 bridgehead atoms. The van der Waals surface area contributed by atoms with Crippen molar-refractivity contribution in [3.63, 3.8) is 0 Å². The number of rotatable bonds is 3. The quantitative estimate of drug-likeness (QED) is 0.925. The lowest BCUT2D eigenvalue weighted by Gasteiger charge is -2.29. The normalized spacial score (nSPS) is 24.3. The van der Waals surface area contributed by atoms with Crippen LogP contribution in [0.25, 0.3) is 0 Å². The number of methoxy groups -OCH3 is 1. The summed E-state index contributed by atoms with van der Waals surface area (Å²) in [5, 5.41) is 14.1. The Balaban J connectivity index is 2.10. The molecule has 1 aliphatic heterocycles. The van der Waals surface area contributed by atoms with Crippen LogP contribution in [-0.4, -0.2) is 51.8 Å². The number of likely N-dealkylation sites (tertiary alicyclic amines) is 1. The third-order valence-corrected chi connectivity index (χ3v) is 4.30. The first kappa shape index (κ1) is 17.1. The first-order valence-corrected chi connectivity index (χ1v) is 7.26. The molecule has 1 aromatic heterocycles. The molecule has 2 rings (SSSR count). The third-order valence-electron chi connectivity index (χ3n) is 4.30. The maximum Gasteiger partial charge on any atom is 0.417 e. The Morgan fingerprint density at radius 1 is 1.32 bits per heavy atom. The average molecular weight is 321 g/mol. The van der Waals surface area contributed by atoms with Gasteiger partial charge in [0.05, 0.1) is 18.4 Å². The van der Waals surface area contributed by atoms with Crippen LogP contribution in [0.5, 0.6) is 5.88 Å². The van der Waals surface area contributed by atoms with Gasteiger partial charge in [-0.1, -0.05) is 0 Å². The van der Waals surface area contributed by atoms with Gasteiger partial charge in [-0.15, -0.1) is 0 Å². The fourth-order valence-electron chi connectivity index (χ4n) is 2.96. The summed E-state index contributed by atoms with van der Waals surface area (Å²) in [7, 11) is 3.31. The summed E-state index contributed by atoms with van der Waals surface area (Å²) < 4.78 is 45.8. The predicted octanol–water partition coefficient (Wildman–Crippen LogP) is 2.02. The van der Waals surface area contributed by atoms with E-state index in [0.717, 1.165) is 11.3 Å². The van der Waals surface area contributed by atoms with Gasteiger partial charge in [0.15, 0.2) is 5.60 Å². The van der Waals surface area contributed by atoms with Crippen LogP contribution in [0.3, 0.4) is 0 Å². The smallest absolute Gasteiger partial charge is 0.417 e. The summed E-state index contributed by atoms with van der Waals surface area (Å²) in [5.74, 6) is 0.618. The van der Waals surface area contributed by atoms with Gasteiger partial charge in [0.2, 0.25) is 5.88 Å². The molecule has 0 saturated carbocycles. The molecule has 126 valence electrons. The predicted molar refractivity (Wildman–Crippen MR) is 74.6 cm³/mol. The molecule has 1 unspecified atom stereocenters. The number of halogens is 3. The Morgan fingerprint density at radius 3 is 2.59 bits per heavy atom. The molecule has 1 fully saturated rings. The second-order valence-corrected chi connectivity index (χ2v) is 5.86. The fourth-order valence-corrected chi connectivity index (χ4v) is 2.96. The number of aromatic nitrogens is 2. The first-order chi connectivity index (χ1) is 10.2. The number of aliphatic hydroxyl groups is 1. The van der Waals surface area contributed by atoms with Crippen molar-refractivity contribution in [3.8, 4) is 5.88 Å². The summed E-state index contributed by atoms with van der Waals surface area (Å²) in [5.41, 5.74) is -0.896. The molecule has 0 aromatic carbocycles. The number of ether oxygens (including phenoxy) is 1. The van der Waals surface area contributed by atoms with Crippen molar-refractivity contribution in [3.05, 3.63) is 11.3 Å². The minimum absolute atomic E-state index is 0.188. The van der Waals surface area contributed by atoms with Crippen molar-refractivity contribution in [2.24, 2.45) is 7.05 Å². The van der Waals surface area contributed by atoms with Crippen LogP contribution in [-0.2, 0) is 13.6 Å². The summed E-state index contributed by atoms with van der Waals surface area (Å²) in [6.45, 7) is 3.02. The van der Waals surface area contributed by atoms with E-state index in [2.05, 4.69) is 5.10 Å². The van der Waals surface area contributed by atoms with Crippen LogP contribution >= 0.6 is 0 Å². The summed E-state index contributed by atoms with van der Waals surface area (Å²) >= 11 is 0. The van der Waals surface area contributed by atoms with Crippen molar-refractivity contribution >= 4 is 0 Å². The molecule has 1 atom stereocenters. The number of alkyl halides is 3. The third kappa shape index (κ3) is 3.22. The molecule has 8 heteroatoms. The molecular weight excluding hydrogens is 299 g/mol. The molecule has 1 saturated heterocycles. The van der Waals surface area contributed by atoms with Crippen LogP contribution in [0.4, 0.5) is 13.2 Å². The molecule has 5 nitrogen and oxygen atoms in total. The lowest BCUT2D eigenvalue weighted by atomic mass is 9.94. The maximum absolute atomic E-state index is 12.9. The van der Waals surface area contributed by atoms with Gasteiger partial charge >= 0.3 is 6.18 Å². The van der Waals surface area contributed by atoms with E-state index in [-0.39, 0.29) is 19.4 Å². The molecule has 2 heterocycles. The van der Waals surface area contributed by atoms with Gasteiger partial charge in [-0.05, 0) is 32.7 Å². The highest BCUT2D eigenvalue weighted by Gasteiger charge is 2.53. The van der Waals surface area contributed by atoms with Crippen molar-refractivity contribution in [1.82, 2.24) is 14.7 Å². The summed E-state index contributed by atoms with van der Waals surface area (Å²) in [6.07, 6.45) is -4.84. The molecule has 0 spiro atoms. The van der Waals surface area contributed by atoms with Gasteiger partial charge < -0.3 is 9.84 Å². The van der Waals surface area contributed by atoms with E-state index in [1.165, 1.54) is 0 Å². The van der Waals surface area contributed by atoms with Crippen LogP contribution < -0.4 is 4.74 Å². The monoisotopic (exact) mass is 321 g/mol. The van der Waals surface area contributed by atoms with Gasteiger partial charge in [0, 0.05) is 20.1 Å². The van der Waals surface area contributed by atoms with Gasteiger partial charge in [-0.2, -0.15) is 18.3 Å². The Kier molecular flexibility index (Phi) is 4.72. The fraction of sp³-hybridized carbons (Fsp3) is 0.786. The van der Waals surface area contributed by atoms with E-state index < -0.39 is 11.8 Å². The van der Waals surface area contributed by atoms with Crippen LogP contribution in [0.15, 0.2) is 0 Å². The van der Waals surface area contributed by atoms with E-state index in [1.54, 1.807) is 18.8 Å².